The van der Waals surface area contributed by atoms with Crippen LogP contribution in [0.1, 0.15) is 87.8 Å². The molecule has 0 radical (unpaired) electrons. The minimum absolute atomic E-state index is 0.165. The number of aryl methyl sites for hydroxylation is 4. The SMILES string of the molecule is COc1c2cc(C(C)(C)C)cc1CCCc1cc(cc(C(C)(C)C)c1)CCC2. The van der Waals surface area contributed by atoms with Crippen molar-refractivity contribution in [2.24, 2.45) is 0 Å². The molecule has 0 unspecified atom stereocenters. The number of benzene rings is 2. The molecular weight excluding hydrogens is 340 g/mol. The molecule has 0 fully saturated rings. The first-order chi connectivity index (χ1) is 13.1. The van der Waals surface area contributed by atoms with Gasteiger partial charge in [-0.3, -0.25) is 0 Å². The zero-order valence-corrected chi connectivity index (χ0v) is 19.0. The molecule has 2 aromatic rings. The molecule has 28 heavy (non-hydrogen) atoms. The van der Waals surface area contributed by atoms with Crippen molar-refractivity contribution in [2.45, 2.75) is 90.9 Å². The van der Waals surface area contributed by atoms with E-state index in [0.29, 0.717) is 0 Å². The Labute approximate surface area is 172 Å². The van der Waals surface area contributed by atoms with Crippen molar-refractivity contribution >= 4 is 0 Å². The maximum Gasteiger partial charge on any atom is 0.125 e. The standard InChI is InChI=1S/C27H38O/c1-26(2,3)23-15-19-10-8-12-21-17-24(27(4,5)6)18-22(25(21)28-7)13-9-11-20(14-19)16-23/h14-18H,8-13H2,1-7H3. The minimum atomic E-state index is 0.165. The summed E-state index contributed by atoms with van der Waals surface area (Å²) in [6.07, 6.45) is 6.75. The van der Waals surface area contributed by atoms with Crippen molar-refractivity contribution in [3.63, 3.8) is 0 Å². The topological polar surface area (TPSA) is 9.23 Å². The van der Waals surface area contributed by atoms with Gasteiger partial charge in [0.2, 0.25) is 0 Å². The molecule has 0 heterocycles. The van der Waals surface area contributed by atoms with E-state index in [0.717, 1.165) is 44.3 Å². The smallest absolute Gasteiger partial charge is 0.125 e. The van der Waals surface area contributed by atoms with Crippen molar-refractivity contribution in [3.05, 3.63) is 63.7 Å². The van der Waals surface area contributed by atoms with Crippen LogP contribution in [-0.4, -0.2) is 7.11 Å². The molecule has 0 amide bonds. The van der Waals surface area contributed by atoms with Gasteiger partial charge in [0.25, 0.3) is 0 Å². The van der Waals surface area contributed by atoms with E-state index in [2.05, 4.69) is 71.9 Å². The predicted molar refractivity (Wildman–Crippen MR) is 121 cm³/mol. The molecule has 1 nitrogen and oxygen atoms in total. The van der Waals surface area contributed by atoms with E-state index in [1.54, 1.807) is 0 Å². The van der Waals surface area contributed by atoms with Crippen LogP contribution in [0.4, 0.5) is 0 Å². The Morgan fingerprint density at radius 2 is 1.04 bits per heavy atom. The number of hydrogen-bond acceptors (Lipinski definition) is 1. The van der Waals surface area contributed by atoms with E-state index in [9.17, 15) is 0 Å². The summed E-state index contributed by atoms with van der Waals surface area (Å²) in [4.78, 5) is 0. The van der Waals surface area contributed by atoms with Gasteiger partial charge in [-0.2, -0.15) is 0 Å². The van der Waals surface area contributed by atoms with Gasteiger partial charge in [-0.15, -0.1) is 0 Å². The number of rotatable bonds is 1. The van der Waals surface area contributed by atoms with Crippen molar-refractivity contribution < 1.29 is 4.74 Å². The summed E-state index contributed by atoms with van der Waals surface area (Å²) in [7, 11) is 1.84. The second kappa shape index (κ2) is 7.93. The number of fused-ring (bicyclic) bond motifs is 4. The largest absolute Gasteiger partial charge is 0.496 e. The Morgan fingerprint density at radius 3 is 1.43 bits per heavy atom. The predicted octanol–water partition coefficient (Wildman–Crippen LogP) is 6.95. The van der Waals surface area contributed by atoms with Crippen LogP contribution >= 0.6 is 0 Å². The van der Waals surface area contributed by atoms with Crippen molar-refractivity contribution in [2.75, 3.05) is 7.11 Å². The lowest BCUT2D eigenvalue weighted by molar-refractivity contribution is 0.402. The van der Waals surface area contributed by atoms with Crippen LogP contribution in [0.15, 0.2) is 30.3 Å². The average Bonchev–Trinajstić information content (AvgIpc) is 2.59. The molecule has 0 aromatic heterocycles. The first-order valence-corrected chi connectivity index (χ1v) is 10.9. The van der Waals surface area contributed by atoms with Gasteiger partial charge in [0, 0.05) is 0 Å². The maximum absolute atomic E-state index is 5.90. The fraction of sp³-hybridized carbons (Fsp3) is 0.556. The van der Waals surface area contributed by atoms with Crippen LogP contribution in [0, 0.1) is 0 Å². The highest BCUT2D eigenvalue weighted by Gasteiger charge is 2.20. The molecular formula is C27H38O. The summed E-state index contributed by atoms with van der Waals surface area (Å²) >= 11 is 0. The van der Waals surface area contributed by atoms with Crippen LogP contribution in [0.25, 0.3) is 0 Å². The molecule has 0 saturated heterocycles. The number of hydrogen-bond donors (Lipinski definition) is 0. The van der Waals surface area contributed by atoms with Crippen LogP contribution in [-0.2, 0) is 36.5 Å². The highest BCUT2D eigenvalue weighted by atomic mass is 16.5. The van der Waals surface area contributed by atoms with Crippen LogP contribution in [0.5, 0.6) is 5.75 Å². The Morgan fingerprint density at radius 1 is 0.607 bits per heavy atom. The van der Waals surface area contributed by atoms with Crippen LogP contribution < -0.4 is 4.74 Å². The molecule has 1 heteroatoms. The summed E-state index contributed by atoms with van der Waals surface area (Å²) in [6, 6.07) is 12.1. The molecule has 0 atom stereocenters. The van der Waals surface area contributed by atoms with Gasteiger partial charge in [-0.25, -0.2) is 0 Å². The highest BCUT2D eigenvalue weighted by molar-refractivity contribution is 5.47. The van der Waals surface area contributed by atoms with Crippen molar-refractivity contribution in [1.82, 2.24) is 0 Å². The molecule has 1 aliphatic carbocycles. The molecule has 2 aromatic carbocycles. The first-order valence-electron chi connectivity index (χ1n) is 10.9. The van der Waals surface area contributed by atoms with Crippen molar-refractivity contribution in [1.29, 1.82) is 0 Å². The van der Waals surface area contributed by atoms with Gasteiger partial charge < -0.3 is 4.74 Å². The summed E-state index contributed by atoms with van der Waals surface area (Å²) in [6.45, 7) is 13.9. The van der Waals surface area contributed by atoms with Gasteiger partial charge in [-0.05, 0) is 82.7 Å². The highest BCUT2D eigenvalue weighted by Crippen LogP contribution is 2.34. The molecule has 152 valence electrons. The molecule has 0 spiro atoms. The second-order valence-corrected chi connectivity index (χ2v) is 10.6. The lowest BCUT2D eigenvalue weighted by atomic mass is 9.82. The third kappa shape index (κ3) is 4.80. The first kappa shape index (κ1) is 21.0. The van der Waals surface area contributed by atoms with Gasteiger partial charge in [0.1, 0.15) is 5.75 Å². The quantitative estimate of drug-likeness (QED) is 0.521. The molecule has 0 N–H and O–H groups in total. The fourth-order valence-corrected chi connectivity index (χ4v) is 4.27. The molecule has 3 rings (SSSR count). The van der Waals surface area contributed by atoms with Crippen molar-refractivity contribution in [3.8, 4) is 5.75 Å². The number of ether oxygens (including phenoxy) is 1. The van der Waals surface area contributed by atoms with Crippen LogP contribution in [0.2, 0.25) is 0 Å². The Hall–Kier alpha value is -1.76. The second-order valence-electron chi connectivity index (χ2n) is 10.6. The lowest BCUT2D eigenvalue weighted by Crippen LogP contribution is -2.14. The zero-order chi connectivity index (χ0) is 20.5. The van der Waals surface area contributed by atoms with E-state index in [-0.39, 0.29) is 10.8 Å². The fourth-order valence-electron chi connectivity index (χ4n) is 4.27. The Kier molecular flexibility index (Phi) is 5.94. The molecule has 0 saturated carbocycles. The van der Waals surface area contributed by atoms with Gasteiger partial charge in [-0.1, -0.05) is 71.9 Å². The monoisotopic (exact) mass is 378 g/mol. The Balaban J connectivity index is 1.99. The summed E-state index contributed by atoms with van der Waals surface area (Å²) < 4.78 is 5.90. The van der Waals surface area contributed by atoms with E-state index in [1.807, 2.05) is 7.11 Å². The van der Waals surface area contributed by atoms with E-state index in [4.69, 9.17) is 4.74 Å². The third-order valence-corrected chi connectivity index (χ3v) is 6.05. The van der Waals surface area contributed by atoms with Crippen LogP contribution in [0.3, 0.4) is 0 Å². The average molecular weight is 379 g/mol. The van der Waals surface area contributed by atoms with Gasteiger partial charge >= 0.3 is 0 Å². The summed E-state index contributed by atoms with van der Waals surface area (Å²) in [5.41, 5.74) is 9.04. The minimum Gasteiger partial charge on any atom is -0.496 e. The van der Waals surface area contributed by atoms with E-state index < -0.39 is 0 Å². The molecule has 0 aliphatic heterocycles. The van der Waals surface area contributed by atoms with E-state index >= 15 is 0 Å². The lowest BCUT2D eigenvalue weighted by Gasteiger charge is -2.25. The van der Waals surface area contributed by atoms with Gasteiger partial charge in [0.05, 0.1) is 7.11 Å². The van der Waals surface area contributed by atoms with E-state index in [1.165, 1.54) is 33.4 Å². The van der Waals surface area contributed by atoms with Gasteiger partial charge in [0.15, 0.2) is 0 Å². The third-order valence-electron chi connectivity index (χ3n) is 6.05. The maximum atomic E-state index is 5.90. The Bertz CT molecular complexity index is 781. The summed E-state index contributed by atoms with van der Waals surface area (Å²) in [5, 5.41) is 0. The zero-order valence-electron chi connectivity index (χ0n) is 19.0. The molecule has 4 bridgehead atoms. The number of methoxy groups -OCH3 is 1. The summed E-state index contributed by atoms with van der Waals surface area (Å²) in [5.74, 6) is 1.13. The normalized spacial score (nSPS) is 15.5. The molecule has 1 aliphatic rings.